The number of aliphatic hydroxyl groups is 7. The summed E-state index contributed by atoms with van der Waals surface area (Å²) in [5.41, 5.74) is -10.7. The summed E-state index contributed by atoms with van der Waals surface area (Å²) in [6.07, 6.45) is -5.69. The fourth-order valence-electron chi connectivity index (χ4n) is 16.8. The van der Waals surface area contributed by atoms with Gasteiger partial charge >= 0.3 is 5.97 Å². The van der Waals surface area contributed by atoms with E-state index in [4.69, 9.17) is 28.4 Å². The molecule has 0 aromatic carbocycles. The number of methoxy groups -OCH3 is 1. The Hall–Kier alpha value is -2.54. The van der Waals surface area contributed by atoms with Gasteiger partial charge in [-0.2, -0.15) is 0 Å². The predicted octanol–water partition coefficient (Wildman–Crippen LogP) is 4.90. The Balaban J connectivity index is 1.17. The van der Waals surface area contributed by atoms with Crippen LogP contribution in [0.1, 0.15) is 162 Å². The van der Waals surface area contributed by atoms with Crippen molar-refractivity contribution in [3.05, 3.63) is 23.8 Å². The molecular formula is C63H106FN3O16. The van der Waals surface area contributed by atoms with E-state index >= 15 is 4.39 Å². The van der Waals surface area contributed by atoms with E-state index in [9.17, 15) is 50.1 Å². The lowest BCUT2D eigenvalue weighted by Gasteiger charge is -2.62. The topological polar surface area (TPSA) is 267 Å². The number of halogens is 1. The average Bonchev–Trinajstić information content (AvgIpc) is 1.69. The molecule has 6 fully saturated rings. The van der Waals surface area contributed by atoms with Crippen molar-refractivity contribution in [3.8, 4) is 0 Å². The smallest absolute Gasteiger partial charge is 0.311 e. The van der Waals surface area contributed by atoms with E-state index in [1.807, 2.05) is 39.6 Å². The van der Waals surface area contributed by atoms with E-state index in [-0.39, 0.29) is 75.2 Å². The monoisotopic (exact) mass is 1180 g/mol. The van der Waals surface area contributed by atoms with Crippen molar-refractivity contribution in [3.63, 3.8) is 0 Å². The molecule has 1 amide bonds. The minimum absolute atomic E-state index is 0.0630. The molecule has 7 rings (SSSR count). The highest BCUT2D eigenvalue weighted by Gasteiger charge is 2.76. The summed E-state index contributed by atoms with van der Waals surface area (Å²) in [7, 11) is 3.42. The number of likely N-dealkylation sites (N-methyl/N-ethyl adjacent to an activating group) is 1. The number of fused-ring (bicyclic) bond motifs is 5. The van der Waals surface area contributed by atoms with Gasteiger partial charge in [-0.1, -0.05) is 46.3 Å². The molecule has 0 spiro atoms. The van der Waals surface area contributed by atoms with Gasteiger partial charge in [0.25, 0.3) is 5.91 Å². The van der Waals surface area contributed by atoms with Crippen LogP contribution in [0.3, 0.4) is 0 Å². The van der Waals surface area contributed by atoms with Crippen LogP contribution in [0, 0.1) is 46.3 Å². The van der Waals surface area contributed by atoms with Crippen LogP contribution >= 0.6 is 0 Å². The lowest BCUT2D eigenvalue weighted by molar-refractivity contribution is -0.318. The minimum atomic E-state index is -2.13. The maximum absolute atomic E-state index is 17.9. The summed E-state index contributed by atoms with van der Waals surface area (Å²) in [6, 6.07) is -1.11. The molecule has 8 N–H and O–H groups in total. The average molecular weight is 1180 g/mol. The molecule has 19 nitrogen and oxygen atoms in total. The first kappa shape index (κ1) is 68.0. The fourth-order valence-corrected chi connectivity index (χ4v) is 16.8. The third-order valence-corrected chi connectivity index (χ3v) is 22.2. The number of carbonyl (C=O) groups is 3. The predicted molar refractivity (Wildman–Crippen MR) is 308 cm³/mol. The molecule has 0 aromatic rings. The maximum atomic E-state index is 17.9. The number of ether oxygens (including phenoxy) is 6. The number of allylic oxidation sites excluding steroid dienone is 4. The molecule has 3 aliphatic heterocycles. The van der Waals surface area contributed by atoms with Gasteiger partial charge in [0.15, 0.2) is 29.6 Å². The Labute approximate surface area is 493 Å². The summed E-state index contributed by atoms with van der Waals surface area (Å²) < 4.78 is 56.5. The highest BCUT2D eigenvalue weighted by Crippen LogP contribution is 2.70. The zero-order chi connectivity index (χ0) is 62.1. The Morgan fingerprint density at radius 3 is 2.20 bits per heavy atom. The molecule has 2 unspecified atom stereocenters. The molecule has 0 radical (unpaired) electrons. The summed E-state index contributed by atoms with van der Waals surface area (Å²) in [5.74, 6) is -5.74. The Morgan fingerprint density at radius 2 is 1.58 bits per heavy atom. The van der Waals surface area contributed by atoms with Gasteiger partial charge in [0.1, 0.15) is 30.0 Å². The quantitative estimate of drug-likeness (QED) is 0.0900. The molecular weight excluding hydrogens is 1070 g/mol. The second-order valence-corrected chi connectivity index (χ2v) is 28.3. The van der Waals surface area contributed by atoms with Crippen LogP contribution in [-0.2, 0) is 42.8 Å². The van der Waals surface area contributed by atoms with Gasteiger partial charge in [-0.25, -0.2) is 4.39 Å². The summed E-state index contributed by atoms with van der Waals surface area (Å²) in [5, 5.41) is 88.9. The molecule has 83 heavy (non-hydrogen) atoms. The molecule has 3 heterocycles. The van der Waals surface area contributed by atoms with E-state index in [0.29, 0.717) is 37.7 Å². The van der Waals surface area contributed by atoms with E-state index in [1.165, 1.54) is 26.2 Å². The van der Waals surface area contributed by atoms with E-state index in [0.717, 1.165) is 0 Å². The lowest BCUT2D eigenvalue weighted by atomic mass is 9.44. The molecule has 20 heteroatoms. The van der Waals surface area contributed by atoms with Crippen LogP contribution in [-0.4, -0.2) is 211 Å². The Kier molecular flexibility index (Phi) is 20.6. The number of alkyl halides is 1. The molecule has 7 aliphatic rings. The number of ketones is 1. The van der Waals surface area contributed by atoms with Crippen molar-refractivity contribution in [2.75, 3.05) is 33.8 Å². The number of rotatable bonds is 13. The number of carbonyl (C=O) groups excluding carboxylic acids is 3. The first-order valence-corrected chi connectivity index (χ1v) is 31.1. The maximum Gasteiger partial charge on any atom is 0.311 e. The van der Waals surface area contributed by atoms with Crippen molar-refractivity contribution in [1.29, 1.82) is 0 Å². The zero-order valence-corrected chi connectivity index (χ0v) is 52.8. The summed E-state index contributed by atoms with van der Waals surface area (Å²) in [4.78, 5) is 45.9. The number of nitrogens with zero attached hydrogens (tertiary/aromatic N) is 2. The van der Waals surface area contributed by atoms with Crippen LogP contribution in [0.2, 0.25) is 0 Å². The number of cyclic esters (lactones) is 1. The van der Waals surface area contributed by atoms with Crippen LogP contribution in [0.5, 0.6) is 0 Å². The second-order valence-electron chi connectivity index (χ2n) is 28.3. The van der Waals surface area contributed by atoms with E-state index < -0.39 is 148 Å². The molecule has 3 saturated carbocycles. The molecule has 0 aromatic heterocycles. The van der Waals surface area contributed by atoms with E-state index in [2.05, 4.69) is 10.2 Å². The highest BCUT2D eigenvalue weighted by atomic mass is 19.1. The molecule has 4 aliphatic carbocycles. The van der Waals surface area contributed by atoms with Crippen molar-refractivity contribution < 1.29 is 82.9 Å². The lowest BCUT2D eigenvalue weighted by Crippen LogP contribution is -2.70. The number of amides is 1. The number of nitrogens with one attached hydrogen (secondary N) is 1. The van der Waals surface area contributed by atoms with Crippen LogP contribution in [0.4, 0.5) is 4.39 Å². The van der Waals surface area contributed by atoms with Gasteiger partial charge in [-0.3, -0.25) is 24.2 Å². The zero-order valence-electron chi connectivity index (χ0n) is 52.8. The van der Waals surface area contributed by atoms with Crippen molar-refractivity contribution in [1.82, 2.24) is 15.1 Å². The normalized spacial score (nSPS) is 49.5. The Bertz CT molecular complexity index is 2360. The number of aliphatic hydroxyl groups excluding tert-OH is 4. The largest absolute Gasteiger partial charge is 0.459 e. The first-order valence-electron chi connectivity index (χ1n) is 31.1. The summed E-state index contributed by atoms with van der Waals surface area (Å²) in [6.45, 7) is 27.2. The highest BCUT2D eigenvalue weighted by molar-refractivity contribution is 6.01. The molecule has 26 atom stereocenters. The van der Waals surface area contributed by atoms with Gasteiger partial charge in [0.2, 0.25) is 0 Å². The van der Waals surface area contributed by atoms with Gasteiger partial charge < -0.3 is 69.5 Å². The number of hydrogen-bond donors (Lipinski definition) is 8. The van der Waals surface area contributed by atoms with Crippen LogP contribution < -0.4 is 5.32 Å². The standard InChI is InChI=1S/C63H106FN3O16/c1-18-47-61(15,76)51(71)39(9)67(25-19-24-65-56(74)63(77)35(5)26-44-43-21-20-41-28-42(68)22-23-57(41,11)62(43,64)46(69)30-58(44,63)12)32-34(4)29-59(13,75)53(83-55-49(70)45(27-36(6)79-55)66(16)33(2)3)37(7)50(38(8)54(73)81-47)82-48-31-60(14,78-17)52(72)40(10)80-48/h22-23,28,33-40,43-53,55,69-72,75-77H,18-21,24-27,29-32H2,1-17H3,(H,65,74)/t34-,35-,36-,37+,38-,39-,40+,43?,44?,45+,46+,47-,48+,49-,50+,51-,52+,53-,55+,57+,58+,59-,60-,61-,62+,63+/m1/s1. The number of esters is 1. The van der Waals surface area contributed by atoms with Crippen LogP contribution in [0.15, 0.2) is 23.8 Å². The van der Waals surface area contributed by atoms with Crippen molar-refractivity contribution in [2.24, 2.45) is 46.3 Å². The van der Waals surface area contributed by atoms with E-state index in [1.54, 1.807) is 75.3 Å². The number of hydrogen-bond acceptors (Lipinski definition) is 18. The van der Waals surface area contributed by atoms with Gasteiger partial charge in [-0.15, -0.1) is 0 Å². The van der Waals surface area contributed by atoms with Gasteiger partial charge in [0.05, 0.1) is 47.6 Å². The molecule has 0 bridgehead atoms. The Morgan fingerprint density at radius 1 is 0.916 bits per heavy atom. The third kappa shape index (κ3) is 12.2. The van der Waals surface area contributed by atoms with Crippen molar-refractivity contribution >= 4 is 17.7 Å². The van der Waals surface area contributed by atoms with Gasteiger partial charge in [0, 0.05) is 74.0 Å². The van der Waals surface area contributed by atoms with Crippen LogP contribution in [0.25, 0.3) is 0 Å². The first-order chi connectivity index (χ1) is 38.4. The van der Waals surface area contributed by atoms with Gasteiger partial charge in [-0.05, 0) is 158 Å². The fraction of sp³-hybridized carbons (Fsp3) is 0.889. The summed E-state index contributed by atoms with van der Waals surface area (Å²) >= 11 is 0. The molecule has 3 saturated heterocycles. The minimum Gasteiger partial charge on any atom is -0.459 e. The third-order valence-electron chi connectivity index (χ3n) is 22.2. The second kappa shape index (κ2) is 25.2. The van der Waals surface area contributed by atoms with Crippen molar-refractivity contribution in [2.45, 2.75) is 275 Å². The SMILES string of the molecule is CC[C@H]1OC(=O)[C@H](C)[C@@H](O[C@H]2C[C@@](C)(OC)[C@@H](O)[C@H](C)O2)[C@H](C)[C@@H](O[C@@H]2O[C@H](C)C[C@H](N(C)C(C)C)[C@H]2O)[C@](C)(O)C[C@@H](C)CN(CCCNC(=O)[C@@]2(O)[C@H](C)CC3C4CCC5=CC(=O)C=C[C@]5(C)[C@@]4(F)[C@@H](O)C[C@@]32C)[C@H](C)[C@@H](O)[C@]1(C)O. The molecule has 476 valence electrons.